The number of benzene rings is 2. The first-order chi connectivity index (χ1) is 16.5. The van der Waals surface area contributed by atoms with Gasteiger partial charge in [-0.1, -0.05) is 25.1 Å². The molecule has 0 saturated carbocycles. The second kappa shape index (κ2) is 13.4. The molecule has 1 N–H and O–H groups in total. The number of likely N-dealkylation sites (tertiary alicyclic amines) is 1. The van der Waals surface area contributed by atoms with Crippen molar-refractivity contribution in [2.45, 2.75) is 32.4 Å². The number of methoxy groups -OCH3 is 2. The van der Waals surface area contributed by atoms with E-state index in [4.69, 9.17) is 18.9 Å². The van der Waals surface area contributed by atoms with Crippen molar-refractivity contribution in [3.8, 4) is 23.0 Å². The zero-order chi connectivity index (χ0) is 24.3. The van der Waals surface area contributed by atoms with Crippen molar-refractivity contribution in [1.29, 1.82) is 0 Å². The second-order valence-electron chi connectivity index (χ2n) is 9.17. The Bertz CT molecular complexity index is 870. The highest BCUT2D eigenvalue weighted by Crippen LogP contribution is 2.29. The Morgan fingerprint density at radius 2 is 1.65 bits per heavy atom. The number of likely N-dealkylation sites (N-methyl/N-ethyl adjacent to an activating group) is 1. The van der Waals surface area contributed by atoms with Gasteiger partial charge >= 0.3 is 0 Å². The lowest BCUT2D eigenvalue weighted by Crippen LogP contribution is -2.35. The van der Waals surface area contributed by atoms with Gasteiger partial charge in [0.25, 0.3) is 0 Å². The summed E-state index contributed by atoms with van der Waals surface area (Å²) >= 11 is 0. The molecule has 188 valence electrons. The van der Waals surface area contributed by atoms with E-state index in [0.717, 1.165) is 42.6 Å². The highest BCUT2D eigenvalue weighted by molar-refractivity contribution is 5.43. The third kappa shape index (κ3) is 8.08. The molecule has 2 aromatic carbocycles. The molecule has 0 bridgehead atoms. The number of aliphatic hydroxyl groups is 1. The third-order valence-electron chi connectivity index (χ3n) is 6.24. The number of piperidine rings is 1. The van der Waals surface area contributed by atoms with Crippen molar-refractivity contribution in [2.24, 2.45) is 5.92 Å². The number of rotatable bonds is 13. The van der Waals surface area contributed by atoms with Crippen LogP contribution in [0, 0.1) is 5.92 Å². The zero-order valence-electron chi connectivity index (χ0n) is 21.0. The van der Waals surface area contributed by atoms with E-state index in [1.54, 1.807) is 14.2 Å². The van der Waals surface area contributed by atoms with Gasteiger partial charge in [-0.15, -0.1) is 0 Å². The first kappa shape index (κ1) is 26.1. The monoisotopic (exact) mass is 472 g/mol. The van der Waals surface area contributed by atoms with E-state index < -0.39 is 6.10 Å². The van der Waals surface area contributed by atoms with Gasteiger partial charge in [0.1, 0.15) is 19.3 Å². The summed E-state index contributed by atoms with van der Waals surface area (Å²) in [5, 5.41) is 10.4. The van der Waals surface area contributed by atoms with Crippen LogP contribution < -0.4 is 18.9 Å². The van der Waals surface area contributed by atoms with Crippen molar-refractivity contribution < 1.29 is 24.1 Å². The molecule has 7 nitrogen and oxygen atoms in total. The van der Waals surface area contributed by atoms with E-state index in [1.807, 2.05) is 43.4 Å². The van der Waals surface area contributed by atoms with Crippen LogP contribution in [-0.4, -0.2) is 81.7 Å². The Kier molecular flexibility index (Phi) is 10.3. The van der Waals surface area contributed by atoms with Gasteiger partial charge in [-0.05, 0) is 68.7 Å². The summed E-state index contributed by atoms with van der Waals surface area (Å²) in [7, 11) is 5.25. The van der Waals surface area contributed by atoms with Crippen molar-refractivity contribution >= 4 is 0 Å². The molecule has 0 aliphatic carbocycles. The Hall–Kier alpha value is -2.48. The summed E-state index contributed by atoms with van der Waals surface area (Å²) in [6.45, 7) is 7.58. The molecule has 1 heterocycles. The maximum atomic E-state index is 10.4. The third-order valence-corrected chi connectivity index (χ3v) is 6.24. The molecular weight excluding hydrogens is 432 g/mol. The first-order valence-corrected chi connectivity index (χ1v) is 12.1. The molecule has 0 spiro atoms. The molecule has 1 unspecified atom stereocenters. The molecule has 0 aromatic heterocycles. The predicted octanol–water partition coefficient (Wildman–Crippen LogP) is 3.69. The Morgan fingerprint density at radius 3 is 2.35 bits per heavy atom. The van der Waals surface area contributed by atoms with E-state index in [0.29, 0.717) is 31.2 Å². The summed E-state index contributed by atoms with van der Waals surface area (Å²) in [5.41, 5.74) is 1.09. The van der Waals surface area contributed by atoms with Crippen LogP contribution in [0.25, 0.3) is 0 Å². The Morgan fingerprint density at radius 1 is 0.971 bits per heavy atom. The van der Waals surface area contributed by atoms with Crippen molar-refractivity contribution in [2.75, 3.05) is 60.7 Å². The molecule has 3 rings (SSSR count). The smallest absolute Gasteiger partial charge is 0.161 e. The normalized spacial score (nSPS) is 15.8. The minimum absolute atomic E-state index is 0.191. The summed E-state index contributed by atoms with van der Waals surface area (Å²) in [4.78, 5) is 4.53. The number of nitrogens with zero attached hydrogens (tertiary/aromatic N) is 2. The molecule has 0 amide bonds. The van der Waals surface area contributed by atoms with Crippen LogP contribution in [0.3, 0.4) is 0 Å². The van der Waals surface area contributed by atoms with E-state index in [9.17, 15) is 5.11 Å². The number of aliphatic hydroxyl groups excluding tert-OH is 1. The van der Waals surface area contributed by atoms with Gasteiger partial charge in [0.2, 0.25) is 0 Å². The molecular formula is C27H40N2O5. The average Bonchev–Trinajstić information content (AvgIpc) is 2.84. The lowest BCUT2D eigenvalue weighted by atomic mass is 9.99. The summed E-state index contributed by atoms with van der Waals surface area (Å²) in [5.74, 6) is 3.62. The number of para-hydroxylation sites is 2. The molecule has 1 fully saturated rings. The minimum atomic E-state index is -0.628. The summed E-state index contributed by atoms with van der Waals surface area (Å²) in [6, 6.07) is 13.5. The Balaban J connectivity index is 1.44. The lowest BCUT2D eigenvalue weighted by molar-refractivity contribution is 0.0732. The summed E-state index contributed by atoms with van der Waals surface area (Å²) < 4.78 is 22.6. The fourth-order valence-electron chi connectivity index (χ4n) is 4.21. The first-order valence-electron chi connectivity index (χ1n) is 12.1. The molecule has 34 heavy (non-hydrogen) atoms. The highest BCUT2D eigenvalue weighted by Gasteiger charge is 2.16. The number of hydrogen-bond acceptors (Lipinski definition) is 7. The maximum Gasteiger partial charge on any atom is 0.161 e. The van der Waals surface area contributed by atoms with Gasteiger partial charge in [-0.25, -0.2) is 0 Å². The van der Waals surface area contributed by atoms with Gasteiger partial charge in [0.15, 0.2) is 23.0 Å². The van der Waals surface area contributed by atoms with Gasteiger partial charge < -0.3 is 24.1 Å². The van der Waals surface area contributed by atoms with Crippen LogP contribution in [0.15, 0.2) is 42.5 Å². The van der Waals surface area contributed by atoms with E-state index in [-0.39, 0.29) is 6.61 Å². The molecule has 7 heteroatoms. The second-order valence-corrected chi connectivity index (χ2v) is 9.17. The fraction of sp³-hybridized carbons (Fsp3) is 0.556. The molecule has 1 saturated heterocycles. The van der Waals surface area contributed by atoms with E-state index >= 15 is 0 Å². The molecule has 1 atom stereocenters. The standard InChI is InChI=1S/C27H40N2O5/c1-21-11-13-29(14-12-21)15-16-33-26-10-9-22(17-27(26)32-4)18-28(2)19-23(30)20-34-25-8-6-5-7-24(25)31-3/h5-10,17,21,23,30H,11-16,18-20H2,1-4H3. The van der Waals surface area contributed by atoms with Crippen molar-refractivity contribution in [3.05, 3.63) is 48.0 Å². The summed E-state index contributed by atoms with van der Waals surface area (Å²) in [6.07, 6.45) is 1.91. The zero-order valence-corrected chi connectivity index (χ0v) is 21.0. The quantitative estimate of drug-likeness (QED) is 0.477. The van der Waals surface area contributed by atoms with Crippen molar-refractivity contribution in [3.63, 3.8) is 0 Å². The molecule has 0 radical (unpaired) electrons. The molecule has 1 aliphatic heterocycles. The van der Waals surface area contributed by atoms with E-state index in [1.165, 1.54) is 12.8 Å². The minimum Gasteiger partial charge on any atom is -0.493 e. The van der Waals surface area contributed by atoms with Gasteiger partial charge in [-0.3, -0.25) is 9.80 Å². The average molecular weight is 473 g/mol. The molecule has 2 aromatic rings. The van der Waals surface area contributed by atoms with Crippen LogP contribution in [0.2, 0.25) is 0 Å². The highest BCUT2D eigenvalue weighted by atomic mass is 16.5. The number of ether oxygens (including phenoxy) is 4. The van der Waals surface area contributed by atoms with Gasteiger partial charge in [-0.2, -0.15) is 0 Å². The van der Waals surface area contributed by atoms with Crippen LogP contribution in [0.1, 0.15) is 25.3 Å². The van der Waals surface area contributed by atoms with Gasteiger partial charge in [0.05, 0.1) is 14.2 Å². The largest absolute Gasteiger partial charge is 0.493 e. The van der Waals surface area contributed by atoms with Crippen molar-refractivity contribution in [1.82, 2.24) is 9.80 Å². The van der Waals surface area contributed by atoms with Crippen LogP contribution >= 0.6 is 0 Å². The molecule has 1 aliphatic rings. The Labute approximate surface area is 204 Å². The maximum absolute atomic E-state index is 10.4. The SMILES string of the molecule is COc1cc(CN(C)CC(O)COc2ccccc2OC)ccc1OCCN1CCC(C)CC1. The van der Waals surface area contributed by atoms with Crippen LogP contribution in [0.4, 0.5) is 0 Å². The topological polar surface area (TPSA) is 63.6 Å². The predicted molar refractivity (Wildman–Crippen MR) is 134 cm³/mol. The lowest BCUT2D eigenvalue weighted by Gasteiger charge is -2.30. The van der Waals surface area contributed by atoms with E-state index in [2.05, 4.69) is 22.8 Å². The van der Waals surface area contributed by atoms with Crippen LogP contribution in [0.5, 0.6) is 23.0 Å². The van der Waals surface area contributed by atoms with Crippen LogP contribution in [-0.2, 0) is 6.54 Å². The number of hydrogen-bond donors (Lipinski definition) is 1. The van der Waals surface area contributed by atoms with Gasteiger partial charge in [0, 0.05) is 19.6 Å². The fourth-order valence-corrected chi connectivity index (χ4v) is 4.21.